The van der Waals surface area contributed by atoms with Crippen molar-refractivity contribution in [2.24, 2.45) is 0 Å². The van der Waals surface area contributed by atoms with Gasteiger partial charge < -0.3 is 14.8 Å². The van der Waals surface area contributed by atoms with Gasteiger partial charge in [0, 0.05) is 16.2 Å². The lowest BCUT2D eigenvalue weighted by atomic mass is 9.84. The van der Waals surface area contributed by atoms with Crippen molar-refractivity contribution in [2.75, 3.05) is 18.7 Å². The van der Waals surface area contributed by atoms with Gasteiger partial charge in [-0.25, -0.2) is 9.07 Å². The van der Waals surface area contributed by atoms with Gasteiger partial charge in [0.15, 0.2) is 0 Å². The molecule has 2 aliphatic heterocycles. The van der Waals surface area contributed by atoms with Crippen LogP contribution in [0.2, 0.25) is 5.02 Å². The van der Waals surface area contributed by atoms with Gasteiger partial charge in [0.05, 0.1) is 12.8 Å². The standard InChI is InChI=1S/C26H20ClFN4O2S/c1-33-18-10-5-15(6-11-18)24-21-22(19-13-16(27)7-12-20(19)34-24)29-25-30-26(35-2)31-32(25)23(21)14-3-8-17(28)9-4-14/h3-13,23-24H,1-2H3,(H,29,30,31)/t23-,24+/m1/s1. The van der Waals surface area contributed by atoms with Crippen LogP contribution in [0.4, 0.5) is 10.3 Å². The number of thioether (sulfide) groups is 1. The van der Waals surface area contributed by atoms with Gasteiger partial charge in [-0.05, 0) is 59.8 Å². The highest BCUT2D eigenvalue weighted by Crippen LogP contribution is 2.51. The number of hydrogen-bond acceptors (Lipinski definition) is 6. The number of aromatic nitrogens is 3. The van der Waals surface area contributed by atoms with Crippen molar-refractivity contribution in [3.05, 3.63) is 99.8 Å². The van der Waals surface area contributed by atoms with Crippen LogP contribution in [-0.4, -0.2) is 28.1 Å². The predicted octanol–water partition coefficient (Wildman–Crippen LogP) is 6.36. The zero-order valence-corrected chi connectivity index (χ0v) is 20.4. The minimum absolute atomic E-state index is 0.302. The monoisotopic (exact) mass is 506 g/mol. The average Bonchev–Trinajstić information content (AvgIpc) is 3.31. The van der Waals surface area contributed by atoms with E-state index in [2.05, 4.69) is 10.3 Å². The first-order chi connectivity index (χ1) is 17.1. The number of nitrogens with one attached hydrogen (secondary N) is 1. The maximum Gasteiger partial charge on any atom is 0.227 e. The van der Waals surface area contributed by atoms with Gasteiger partial charge in [-0.1, -0.05) is 47.6 Å². The van der Waals surface area contributed by atoms with E-state index in [1.165, 1.54) is 23.9 Å². The van der Waals surface area contributed by atoms with E-state index in [4.69, 9.17) is 26.2 Å². The Labute approximate surface area is 210 Å². The summed E-state index contributed by atoms with van der Waals surface area (Å²) in [4.78, 5) is 4.67. The molecule has 1 N–H and O–H groups in total. The summed E-state index contributed by atoms with van der Waals surface area (Å²) < 4.78 is 27.7. The summed E-state index contributed by atoms with van der Waals surface area (Å²) in [5, 5.41) is 9.46. The lowest BCUT2D eigenvalue weighted by Gasteiger charge is -2.39. The molecule has 6 nitrogen and oxygen atoms in total. The predicted molar refractivity (Wildman–Crippen MR) is 135 cm³/mol. The normalized spacial score (nSPS) is 18.2. The third kappa shape index (κ3) is 3.73. The molecule has 0 radical (unpaired) electrons. The van der Waals surface area contributed by atoms with Crippen molar-refractivity contribution < 1.29 is 13.9 Å². The molecule has 0 bridgehead atoms. The Hall–Kier alpha value is -3.49. The van der Waals surface area contributed by atoms with Gasteiger partial charge >= 0.3 is 0 Å². The summed E-state index contributed by atoms with van der Waals surface area (Å²) in [6.07, 6.45) is 1.49. The van der Waals surface area contributed by atoms with E-state index in [-0.39, 0.29) is 11.9 Å². The minimum Gasteiger partial charge on any atom is -0.497 e. The molecule has 9 heteroatoms. The second-order valence-electron chi connectivity index (χ2n) is 8.19. The summed E-state index contributed by atoms with van der Waals surface area (Å²) in [6, 6.07) is 19.4. The SMILES string of the molecule is COc1ccc([C@@H]2Oc3ccc(Cl)cc3C3=C2[C@@H](c2ccc(F)cc2)n2nc(SC)nc2N3)cc1. The summed E-state index contributed by atoms with van der Waals surface area (Å²) in [5.74, 6) is 1.76. The van der Waals surface area contributed by atoms with Crippen LogP contribution in [-0.2, 0) is 0 Å². The topological polar surface area (TPSA) is 61.2 Å². The zero-order chi connectivity index (χ0) is 24.1. The van der Waals surface area contributed by atoms with Crippen molar-refractivity contribution in [2.45, 2.75) is 17.3 Å². The van der Waals surface area contributed by atoms with Crippen LogP contribution in [0.25, 0.3) is 5.70 Å². The molecule has 0 aliphatic carbocycles. The fourth-order valence-electron chi connectivity index (χ4n) is 4.59. The fraction of sp³-hybridized carbons (Fsp3) is 0.154. The molecule has 0 saturated heterocycles. The Kier molecular flexibility index (Phi) is 5.42. The third-order valence-electron chi connectivity index (χ3n) is 6.20. The molecule has 35 heavy (non-hydrogen) atoms. The minimum atomic E-state index is -0.442. The second kappa shape index (κ2) is 8.62. The lowest BCUT2D eigenvalue weighted by Crippen LogP contribution is -2.32. The molecule has 0 saturated carbocycles. The number of nitrogens with zero attached hydrogens (tertiary/aromatic N) is 3. The number of benzene rings is 3. The van der Waals surface area contributed by atoms with E-state index in [1.54, 1.807) is 19.2 Å². The van der Waals surface area contributed by atoms with E-state index >= 15 is 0 Å². The van der Waals surface area contributed by atoms with Crippen LogP contribution in [0.1, 0.15) is 28.8 Å². The van der Waals surface area contributed by atoms with Crippen LogP contribution < -0.4 is 14.8 Å². The first-order valence-corrected chi connectivity index (χ1v) is 12.5. The van der Waals surface area contributed by atoms with E-state index in [9.17, 15) is 4.39 Å². The smallest absolute Gasteiger partial charge is 0.227 e. The molecule has 1 aromatic heterocycles. The van der Waals surface area contributed by atoms with Gasteiger partial charge in [0.25, 0.3) is 0 Å². The molecule has 176 valence electrons. The summed E-state index contributed by atoms with van der Waals surface area (Å²) in [6.45, 7) is 0. The van der Waals surface area contributed by atoms with E-state index in [1.807, 2.05) is 53.4 Å². The van der Waals surface area contributed by atoms with Crippen molar-refractivity contribution in [1.29, 1.82) is 0 Å². The van der Waals surface area contributed by atoms with Crippen LogP contribution in [0, 0.1) is 5.82 Å². The van der Waals surface area contributed by atoms with E-state index in [0.29, 0.717) is 21.9 Å². The Balaban J connectivity index is 1.62. The van der Waals surface area contributed by atoms with Gasteiger partial charge in [-0.15, -0.1) is 5.10 Å². The first-order valence-electron chi connectivity index (χ1n) is 10.9. The molecule has 2 aliphatic rings. The molecular weight excluding hydrogens is 487 g/mol. The molecule has 2 atom stereocenters. The van der Waals surface area contributed by atoms with Crippen molar-refractivity contribution >= 4 is 35.0 Å². The van der Waals surface area contributed by atoms with Gasteiger partial charge in [-0.3, -0.25) is 0 Å². The van der Waals surface area contributed by atoms with Crippen LogP contribution in [0.15, 0.2) is 77.5 Å². The second-order valence-corrected chi connectivity index (χ2v) is 9.40. The number of halogens is 2. The third-order valence-corrected chi connectivity index (χ3v) is 6.97. The molecule has 0 spiro atoms. The number of hydrogen-bond donors (Lipinski definition) is 1. The summed E-state index contributed by atoms with van der Waals surface area (Å²) >= 11 is 7.85. The quantitative estimate of drug-likeness (QED) is 0.325. The highest BCUT2D eigenvalue weighted by atomic mass is 35.5. The first kappa shape index (κ1) is 22.0. The van der Waals surface area contributed by atoms with Crippen LogP contribution in [0.5, 0.6) is 11.5 Å². The highest BCUT2D eigenvalue weighted by molar-refractivity contribution is 7.98. The number of fused-ring (bicyclic) bond motifs is 3. The highest BCUT2D eigenvalue weighted by Gasteiger charge is 2.41. The van der Waals surface area contributed by atoms with Gasteiger partial charge in [-0.2, -0.15) is 4.98 Å². The summed E-state index contributed by atoms with van der Waals surface area (Å²) in [7, 11) is 1.64. The Bertz CT molecular complexity index is 1450. The zero-order valence-electron chi connectivity index (χ0n) is 18.8. The number of methoxy groups -OCH3 is 1. The Morgan fingerprint density at radius 3 is 2.51 bits per heavy atom. The van der Waals surface area contributed by atoms with Crippen molar-refractivity contribution in [3.63, 3.8) is 0 Å². The molecule has 0 amide bonds. The average molecular weight is 507 g/mol. The maximum atomic E-state index is 13.9. The van der Waals surface area contributed by atoms with E-state index < -0.39 is 6.10 Å². The molecule has 0 fully saturated rings. The maximum absolute atomic E-state index is 13.9. The fourth-order valence-corrected chi connectivity index (χ4v) is 5.11. The number of rotatable bonds is 4. The number of ether oxygens (including phenoxy) is 2. The number of anilines is 1. The molecule has 4 aromatic rings. The molecule has 3 aromatic carbocycles. The Morgan fingerprint density at radius 1 is 1.06 bits per heavy atom. The van der Waals surface area contributed by atoms with Crippen molar-refractivity contribution in [3.8, 4) is 11.5 Å². The van der Waals surface area contributed by atoms with Gasteiger partial charge in [0.2, 0.25) is 11.1 Å². The molecule has 3 heterocycles. The van der Waals surface area contributed by atoms with E-state index in [0.717, 1.165) is 33.7 Å². The van der Waals surface area contributed by atoms with Crippen LogP contribution in [0.3, 0.4) is 0 Å². The lowest BCUT2D eigenvalue weighted by molar-refractivity contribution is 0.222. The molecule has 6 rings (SSSR count). The largest absolute Gasteiger partial charge is 0.497 e. The molecular formula is C26H20ClFN4O2S. The van der Waals surface area contributed by atoms with Crippen molar-refractivity contribution in [1.82, 2.24) is 14.8 Å². The van der Waals surface area contributed by atoms with Gasteiger partial charge in [0.1, 0.15) is 29.5 Å². The summed E-state index contributed by atoms with van der Waals surface area (Å²) in [5.41, 5.74) is 4.44. The Morgan fingerprint density at radius 2 is 1.80 bits per heavy atom. The van der Waals surface area contributed by atoms with Crippen LogP contribution >= 0.6 is 23.4 Å². The molecule has 0 unspecified atom stereocenters.